The summed E-state index contributed by atoms with van der Waals surface area (Å²) in [5.41, 5.74) is 0. The van der Waals surface area contributed by atoms with Gasteiger partial charge >= 0.3 is 0 Å². The molecule has 0 rings (SSSR count). The maximum Gasteiger partial charge on any atom is 0.105 e. The van der Waals surface area contributed by atoms with E-state index >= 15 is 0 Å². The maximum atomic E-state index is 2.48. The number of rotatable bonds is 20. The first-order chi connectivity index (χ1) is 13.2. The third-order valence-corrected chi connectivity index (χ3v) is 6.89. The third-order valence-electron chi connectivity index (χ3n) is 6.89. The van der Waals surface area contributed by atoms with Crippen molar-refractivity contribution < 1.29 is 22.4 Å². The highest BCUT2D eigenvalue weighted by Crippen LogP contribution is 2.16. The second-order valence-corrected chi connectivity index (χ2v) is 8.72. The van der Waals surface area contributed by atoms with Crippen molar-refractivity contribution in [2.24, 2.45) is 0 Å². The zero-order valence-corrected chi connectivity index (χ0v) is 21.5. The monoisotopic (exact) mass is 433 g/mol. The number of unbranched alkanes of at least 4 members (excludes halogenated alkanes) is 14. The summed E-state index contributed by atoms with van der Waals surface area (Å²) in [6.07, 6.45) is 26.5. The number of nitrogens with zero attached hydrogens (tertiary/aromatic N) is 1. The Morgan fingerprint density at radius 1 is 0.586 bits per heavy atom. The van der Waals surface area contributed by atoms with Gasteiger partial charge in [-0.25, -0.2) is 0 Å². The van der Waals surface area contributed by atoms with Crippen molar-refractivity contribution in [3.05, 3.63) is 12.2 Å². The van der Waals surface area contributed by atoms with E-state index in [9.17, 15) is 0 Å². The van der Waals surface area contributed by atoms with Gasteiger partial charge in [0.05, 0.1) is 19.6 Å². The van der Waals surface area contributed by atoms with Crippen LogP contribution in [0.3, 0.4) is 0 Å². The zero-order valence-electron chi connectivity index (χ0n) is 20.8. The number of allylic oxidation sites excluding steroid dienone is 1. The molecule has 0 aliphatic rings. The Kier molecular flexibility index (Phi) is 28.1. The molecule has 0 fully saturated rings. The molecule has 0 saturated heterocycles. The minimum Gasteiger partial charge on any atom is -1.00 e. The van der Waals surface area contributed by atoms with Crippen molar-refractivity contribution in [2.75, 3.05) is 19.6 Å². The van der Waals surface area contributed by atoms with Gasteiger partial charge in [-0.15, -0.1) is 0 Å². The van der Waals surface area contributed by atoms with Gasteiger partial charge in [0.1, 0.15) is 6.04 Å². The third kappa shape index (κ3) is 17.3. The molecular formula is C26H56ClNO. The fourth-order valence-electron chi connectivity index (χ4n) is 4.47. The predicted octanol–water partition coefficient (Wildman–Crippen LogP) is 4.86. The number of halogens is 1. The van der Waals surface area contributed by atoms with Gasteiger partial charge in [0, 0.05) is 0 Å². The molecule has 0 aromatic carbocycles. The van der Waals surface area contributed by atoms with Gasteiger partial charge < -0.3 is 22.4 Å². The molecule has 0 amide bonds. The van der Waals surface area contributed by atoms with Crippen LogP contribution in [0.4, 0.5) is 0 Å². The van der Waals surface area contributed by atoms with Gasteiger partial charge in [-0.05, 0) is 46.6 Å². The Balaban J connectivity index is -0.00000338. The molecule has 1 unspecified atom stereocenters. The first kappa shape index (κ1) is 33.6. The first-order valence-corrected chi connectivity index (χ1v) is 12.7. The van der Waals surface area contributed by atoms with Crippen LogP contribution in [0.5, 0.6) is 0 Å². The van der Waals surface area contributed by atoms with Crippen LogP contribution < -0.4 is 12.4 Å². The van der Waals surface area contributed by atoms with Crippen LogP contribution in [0, 0.1) is 0 Å². The summed E-state index contributed by atoms with van der Waals surface area (Å²) in [6.45, 7) is 15.5. The smallest absolute Gasteiger partial charge is 0.105 e. The zero-order chi connectivity index (χ0) is 20.2. The van der Waals surface area contributed by atoms with Gasteiger partial charge in [-0.2, -0.15) is 0 Å². The first-order valence-electron chi connectivity index (χ1n) is 12.7. The SMILES string of the molecule is CCCCCCCCCCCCCCCCC=CC(C)[N+](CC)(CC)CC.O.[Cl-]. The molecule has 0 aromatic rings. The average molecular weight is 434 g/mol. The molecule has 0 aliphatic carbocycles. The normalized spacial score (nSPS) is 12.6. The number of likely N-dealkylation sites (N-methyl/N-ethyl adjacent to an activating group) is 1. The topological polar surface area (TPSA) is 31.5 Å². The van der Waals surface area contributed by atoms with E-state index in [-0.39, 0.29) is 17.9 Å². The van der Waals surface area contributed by atoms with Crippen molar-refractivity contribution in [1.82, 2.24) is 0 Å². The Labute approximate surface area is 191 Å². The van der Waals surface area contributed by atoms with Gasteiger partial charge in [0.15, 0.2) is 0 Å². The van der Waals surface area contributed by atoms with Crippen LogP contribution in [0.25, 0.3) is 0 Å². The van der Waals surface area contributed by atoms with Crippen molar-refractivity contribution in [3.8, 4) is 0 Å². The molecule has 1 atom stereocenters. The average Bonchev–Trinajstić information content (AvgIpc) is 2.69. The van der Waals surface area contributed by atoms with Gasteiger partial charge in [-0.3, -0.25) is 0 Å². The maximum absolute atomic E-state index is 2.48. The summed E-state index contributed by atoms with van der Waals surface area (Å²) in [5.74, 6) is 0. The highest BCUT2D eigenvalue weighted by Gasteiger charge is 2.26. The number of hydrogen-bond acceptors (Lipinski definition) is 0. The fraction of sp³-hybridized carbons (Fsp3) is 0.923. The summed E-state index contributed by atoms with van der Waals surface area (Å²) < 4.78 is 1.23. The fourth-order valence-corrected chi connectivity index (χ4v) is 4.47. The summed E-state index contributed by atoms with van der Waals surface area (Å²) in [6, 6.07) is 0.664. The van der Waals surface area contributed by atoms with E-state index in [4.69, 9.17) is 0 Å². The Morgan fingerprint density at radius 2 is 0.931 bits per heavy atom. The molecule has 0 heterocycles. The van der Waals surface area contributed by atoms with Crippen LogP contribution in [0.1, 0.15) is 131 Å². The van der Waals surface area contributed by atoms with Crippen LogP contribution in [0.15, 0.2) is 12.2 Å². The molecule has 0 bridgehead atoms. The standard InChI is InChI=1S/C26H54N.ClH.H2O/c1-6-10-11-12-13-14-15-16-17-18-19-20-21-22-23-24-25-26(5)27(7-2,8-3)9-4;;/h24-26H,6-23H2,1-5H3;1H;1H2/q+1;;/p-1. The Bertz CT molecular complexity index is 320. The van der Waals surface area contributed by atoms with Crippen LogP contribution in [-0.2, 0) is 0 Å². The van der Waals surface area contributed by atoms with Crippen molar-refractivity contribution in [2.45, 2.75) is 137 Å². The quantitative estimate of drug-likeness (QED) is 0.149. The molecule has 0 spiro atoms. The summed E-state index contributed by atoms with van der Waals surface area (Å²) in [7, 11) is 0. The van der Waals surface area contributed by atoms with Gasteiger partial charge in [0.25, 0.3) is 0 Å². The molecule has 29 heavy (non-hydrogen) atoms. The van der Waals surface area contributed by atoms with Crippen molar-refractivity contribution in [1.29, 1.82) is 0 Å². The van der Waals surface area contributed by atoms with Crippen molar-refractivity contribution >= 4 is 0 Å². The largest absolute Gasteiger partial charge is 1.00 e. The molecule has 178 valence electrons. The number of hydrogen-bond donors (Lipinski definition) is 0. The van der Waals surface area contributed by atoms with E-state index < -0.39 is 0 Å². The summed E-state index contributed by atoms with van der Waals surface area (Å²) in [4.78, 5) is 0. The second kappa shape index (κ2) is 24.2. The lowest BCUT2D eigenvalue weighted by Crippen LogP contribution is -3.00. The molecular weight excluding hydrogens is 378 g/mol. The van der Waals surface area contributed by atoms with Gasteiger partial charge in [0.2, 0.25) is 0 Å². The molecule has 0 saturated carbocycles. The lowest BCUT2D eigenvalue weighted by molar-refractivity contribution is -0.938. The van der Waals surface area contributed by atoms with E-state index in [0.717, 1.165) is 0 Å². The predicted molar refractivity (Wildman–Crippen MR) is 129 cm³/mol. The minimum absolute atomic E-state index is 0. The van der Waals surface area contributed by atoms with E-state index in [1.807, 2.05) is 0 Å². The van der Waals surface area contributed by atoms with E-state index in [2.05, 4.69) is 46.8 Å². The van der Waals surface area contributed by atoms with Crippen LogP contribution in [0.2, 0.25) is 0 Å². The summed E-state index contributed by atoms with van der Waals surface area (Å²) >= 11 is 0. The lowest BCUT2D eigenvalue weighted by atomic mass is 10.0. The van der Waals surface area contributed by atoms with Gasteiger partial charge in [-0.1, -0.05) is 96.5 Å². The molecule has 0 aromatic heterocycles. The molecule has 2 N–H and O–H groups in total. The molecule has 0 radical (unpaired) electrons. The lowest BCUT2D eigenvalue weighted by Gasteiger charge is -2.40. The Morgan fingerprint density at radius 3 is 1.28 bits per heavy atom. The highest BCUT2D eigenvalue weighted by atomic mass is 35.5. The number of quaternary nitrogens is 1. The Hall–Kier alpha value is -0.0500. The van der Waals surface area contributed by atoms with Crippen molar-refractivity contribution in [3.63, 3.8) is 0 Å². The van der Waals surface area contributed by atoms with E-state index in [1.54, 1.807) is 0 Å². The molecule has 3 heteroatoms. The van der Waals surface area contributed by atoms with Crippen LogP contribution in [-0.4, -0.2) is 35.6 Å². The van der Waals surface area contributed by atoms with Crippen LogP contribution >= 0.6 is 0 Å². The molecule has 2 nitrogen and oxygen atoms in total. The van der Waals surface area contributed by atoms with E-state index in [0.29, 0.717) is 6.04 Å². The van der Waals surface area contributed by atoms with E-state index in [1.165, 1.54) is 120 Å². The second-order valence-electron chi connectivity index (χ2n) is 8.72. The highest BCUT2D eigenvalue weighted by molar-refractivity contribution is 4.87. The minimum atomic E-state index is 0. The summed E-state index contributed by atoms with van der Waals surface area (Å²) in [5, 5.41) is 0. The molecule has 0 aliphatic heterocycles.